The third kappa shape index (κ3) is 4.96. The van der Waals surface area contributed by atoms with Gasteiger partial charge in [-0.3, -0.25) is 4.90 Å². The maximum atomic E-state index is 10.2. The highest BCUT2D eigenvalue weighted by Crippen LogP contribution is 2.31. The first-order valence-corrected chi connectivity index (χ1v) is 8.42. The molecule has 0 amide bonds. The Bertz CT molecular complexity index is 339. The Labute approximate surface area is 129 Å². The van der Waals surface area contributed by atoms with Gasteiger partial charge in [0, 0.05) is 32.7 Å². The zero-order valence-electron chi connectivity index (χ0n) is 13.4. The average molecular weight is 294 g/mol. The fourth-order valence-electron chi connectivity index (χ4n) is 3.35. The highest BCUT2D eigenvalue weighted by molar-refractivity contribution is 5.09. The van der Waals surface area contributed by atoms with Crippen LogP contribution in [-0.4, -0.2) is 72.5 Å². The molecule has 2 fully saturated rings. The van der Waals surface area contributed by atoms with Crippen molar-refractivity contribution < 1.29 is 9.84 Å². The minimum absolute atomic E-state index is 0.359. The van der Waals surface area contributed by atoms with E-state index in [-0.39, 0.29) is 0 Å². The molecule has 1 aliphatic heterocycles. The monoisotopic (exact) mass is 294 g/mol. The van der Waals surface area contributed by atoms with Crippen molar-refractivity contribution >= 4 is 0 Å². The van der Waals surface area contributed by atoms with Gasteiger partial charge in [0.05, 0.1) is 12.7 Å². The van der Waals surface area contributed by atoms with Gasteiger partial charge in [-0.1, -0.05) is 19.3 Å². The third-order valence-electron chi connectivity index (χ3n) is 4.86. The van der Waals surface area contributed by atoms with E-state index in [1.54, 1.807) is 0 Å². The fourth-order valence-corrected chi connectivity index (χ4v) is 3.35. The molecule has 120 valence electrons. The number of aliphatic hydroxyl groups excluding tert-OH is 1. The number of ether oxygens (including phenoxy) is 1. The van der Waals surface area contributed by atoms with E-state index in [0.717, 1.165) is 58.4 Å². The Balaban J connectivity index is 1.70. The topological polar surface area (TPSA) is 35.9 Å². The Morgan fingerprint density at radius 1 is 1.14 bits per heavy atom. The van der Waals surface area contributed by atoms with E-state index in [1.165, 1.54) is 6.42 Å². The number of likely N-dealkylation sites (N-methyl/N-ethyl adjacent to an activating group) is 1. The summed E-state index contributed by atoms with van der Waals surface area (Å²) in [7, 11) is 0. The molecule has 1 atom stereocenters. The number of aliphatic hydroxyl groups is 1. The second-order valence-electron chi connectivity index (χ2n) is 6.40. The van der Waals surface area contributed by atoms with Gasteiger partial charge >= 0.3 is 0 Å². The molecule has 1 heterocycles. The van der Waals surface area contributed by atoms with Gasteiger partial charge in [0.15, 0.2) is 0 Å². The molecule has 1 saturated carbocycles. The van der Waals surface area contributed by atoms with E-state index in [2.05, 4.69) is 22.6 Å². The molecule has 2 aliphatic rings. The molecule has 0 bridgehead atoms. The molecule has 1 aliphatic carbocycles. The minimum atomic E-state index is -0.440. The maximum absolute atomic E-state index is 10.2. The first-order valence-electron chi connectivity index (χ1n) is 8.42. The molecule has 4 heteroatoms. The van der Waals surface area contributed by atoms with E-state index in [9.17, 15) is 5.11 Å². The van der Waals surface area contributed by atoms with Gasteiger partial charge in [-0.15, -0.1) is 6.42 Å². The van der Waals surface area contributed by atoms with Crippen molar-refractivity contribution in [1.29, 1.82) is 0 Å². The Kier molecular flexibility index (Phi) is 6.50. The van der Waals surface area contributed by atoms with Gasteiger partial charge in [-0.2, -0.15) is 0 Å². The molecule has 0 aromatic heterocycles. The van der Waals surface area contributed by atoms with Crippen molar-refractivity contribution in [3.63, 3.8) is 0 Å². The summed E-state index contributed by atoms with van der Waals surface area (Å²) in [6, 6.07) is 0. The van der Waals surface area contributed by atoms with E-state index in [1.807, 2.05) is 0 Å². The lowest BCUT2D eigenvalue weighted by molar-refractivity contribution is -0.0714. The molecule has 4 nitrogen and oxygen atoms in total. The van der Waals surface area contributed by atoms with E-state index in [4.69, 9.17) is 11.2 Å². The van der Waals surface area contributed by atoms with Gasteiger partial charge in [0.2, 0.25) is 0 Å². The summed E-state index contributed by atoms with van der Waals surface area (Å²) in [6.07, 6.45) is 10.6. The van der Waals surface area contributed by atoms with Crippen LogP contribution in [0.25, 0.3) is 0 Å². The largest absolute Gasteiger partial charge is 0.389 e. The lowest BCUT2D eigenvalue weighted by Crippen LogP contribution is -2.49. The summed E-state index contributed by atoms with van der Waals surface area (Å²) < 4.78 is 5.94. The number of hydrogen-bond acceptors (Lipinski definition) is 4. The zero-order valence-corrected chi connectivity index (χ0v) is 13.4. The first kappa shape index (κ1) is 16.8. The molecule has 0 spiro atoms. The van der Waals surface area contributed by atoms with Gasteiger partial charge in [-0.05, 0) is 32.2 Å². The Morgan fingerprint density at radius 2 is 1.76 bits per heavy atom. The van der Waals surface area contributed by atoms with Crippen LogP contribution in [0.1, 0.15) is 39.0 Å². The summed E-state index contributed by atoms with van der Waals surface area (Å²) in [6.45, 7) is 8.62. The number of rotatable bonds is 6. The third-order valence-corrected chi connectivity index (χ3v) is 4.86. The predicted octanol–water partition coefficient (Wildman–Crippen LogP) is 1.34. The summed E-state index contributed by atoms with van der Waals surface area (Å²) in [4.78, 5) is 4.76. The lowest BCUT2D eigenvalue weighted by Gasteiger charge is -2.36. The molecule has 1 saturated heterocycles. The fraction of sp³-hybridized carbons (Fsp3) is 0.882. The van der Waals surface area contributed by atoms with Crippen LogP contribution >= 0.6 is 0 Å². The minimum Gasteiger partial charge on any atom is -0.389 e. The summed E-state index contributed by atoms with van der Waals surface area (Å²) in [5.74, 6) is 2.84. The second-order valence-corrected chi connectivity index (χ2v) is 6.40. The van der Waals surface area contributed by atoms with Crippen molar-refractivity contribution in [1.82, 2.24) is 9.80 Å². The van der Waals surface area contributed by atoms with Crippen LogP contribution in [0.2, 0.25) is 0 Å². The molecule has 21 heavy (non-hydrogen) atoms. The lowest BCUT2D eigenvalue weighted by atomic mass is 9.85. The van der Waals surface area contributed by atoms with E-state index < -0.39 is 11.7 Å². The maximum Gasteiger partial charge on any atom is 0.128 e. The van der Waals surface area contributed by atoms with Crippen LogP contribution in [0.4, 0.5) is 0 Å². The SMILES string of the molecule is C#CC1(OCC(O)CN2CCN(CC)CC2)CCCCC1. The molecule has 0 aromatic rings. The Morgan fingerprint density at radius 3 is 2.33 bits per heavy atom. The van der Waals surface area contributed by atoms with Crippen molar-refractivity contribution in [2.75, 3.05) is 45.9 Å². The van der Waals surface area contributed by atoms with Gasteiger partial charge in [-0.25, -0.2) is 0 Å². The highest BCUT2D eigenvalue weighted by atomic mass is 16.5. The van der Waals surface area contributed by atoms with Crippen molar-refractivity contribution in [2.45, 2.75) is 50.7 Å². The van der Waals surface area contributed by atoms with Crippen molar-refractivity contribution in [3.05, 3.63) is 0 Å². The van der Waals surface area contributed by atoms with Crippen LogP contribution < -0.4 is 0 Å². The van der Waals surface area contributed by atoms with Crippen LogP contribution in [0, 0.1) is 12.3 Å². The molecule has 2 rings (SSSR count). The highest BCUT2D eigenvalue weighted by Gasteiger charge is 2.31. The summed E-state index contributed by atoms with van der Waals surface area (Å²) in [5.41, 5.74) is -0.417. The van der Waals surface area contributed by atoms with Crippen LogP contribution in [-0.2, 0) is 4.74 Å². The Hall–Kier alpha value is -0.600. The smallest absolute Gasteiger partial charge is 0.128 e. The van der Waals surface area contributed by atoms with E-state index in [0.29, 0.717) is 13.2 Å². The number of terminal acetylenes is 1. The molecule has 0 radical (unpaired) electrons. The quantitative estimate of drug-likeness (QED) is 0.750. The molecule has 0 aromatic carbocycles. The zero-order chi connectivity index (χ0) is 15.1. The van der Waals surface area contributed by atoms with Crippen molar-refractivity contribution in [3.8, 4) is 12.3 Å². The second kappa shape index (κ2) is 8.14. The predicted molar refractivity (Wildman–Crippen MR) is 85.2 cm³/mol. The standard InChI is InChI=1S/C17H30N2O2/c1-3-17(8-6-5-7-9-17)21-15-16(20)14-19-12-10-18(4-2)11-13-19/h1,16,20H,4-15H2,2H3. The first-order chi connectivity index (χ1) is 10.2. The van der Waals surface area contributed by atoms with E-state index >= 15 is 0 Å². The number of nitrogens with zero attached hydrogens (tertiary/aromatic N) is 2. The van der Waals surface area contributed by atoms with Crippen molar-refractivity contribution in [2.24, 2.45) is 0 Å². The molecular formula is C17H30N2O2. The molecular weight excluding hydrogens is 264 g/mol. The molecule has 1 N–H and O–H groups in total. The van der Waals surface area contributed by atoms with Crippen LogP contribution in [0.5, 0.6) is 0 Å². The number of piperazine rings is 1. The van der Waals surface area contributed by atoms with Crippen LogP contribution in [0.15, 0.2) is 0 Å². The number of hydrogen-bond donors (Lipinski definition) is 1. The average Bonchev–Trinajstić information content (AvgIpc) is 2.54. The summed E-state index contributed by atoms with van der Waals surface area (Å²) >= 11 is 0. The van der Waals surface area contributed by atoms with Gasteiger partial charge < -0.3 is 14.7 Å². The summed E-state index contributed by atoms with van der Waals surface area (Å²) in [5, 5.41) is 10.2. The van der Waals surface area contributed by atoms with Gasteiger partial charge in [0.25, 0.3) is 0 Å². The molecule has 1 unspecified atom stereocenters. The van der Waals surface area contributed by atoms with Gasteiger partial charge in [0.1, 0.15) is 5.60 Å². The number of β-amino-alcohol motifs (C(OH)–C–C–N with tert-alkyl or cyclic N) is 1. The normalized spacial score (nSPS) is 25.4. The van der Waals surface area contributed by atoms with Crippen LogP contribution in [0.3, 0.4) is 0 Å².